The molecule has 2 atom stereocenters. The summed E-state index contributed by atoms with van der Waals surface area (Å²) in [6.45, 7) is 2.33. The van der Waals surface area contributed by atoms with Gasteiger partial charge in [-0.25, -0.2) is 0 Å². The summed E-state index contributed by atoms with van der Waals surface area (Å²) in [5.74, 6) is 0.810. The molecule has 0 spiro atoms. The lowest BCUT2D eigenvalue weighted by Gasteiger charge is -2.18. The standard InChI is InChI=1S/C17H21NO2/c1-13(18-2)15-10-6-7-11-17(15)20-12-16(19)14-8-4-3-5-9-14/h3-11,13,16,18-19H,12H2,1-2H3. The molecule has 2 rings (SSSR count). The predicted octanol–water partition coefficient (Wildman–Crippen LogP) is 3.08. The van der Waals surface area contributed by atoms with Crippen LogP contribution in [0.5, 0.6) is 5.75 Å². The first-order valence-corrected chi connectivity index (χ1v) is 6.84. The average molecular weight is 271 g/mol. The minimum Gasteiger partial charge on any atom is -0.490 e. The fourth-order valence-corrected chi connectivity index (χ4v) is 2.07. The first-order chi connectivity index (χ1) is 9.72. The van der Waals surface area contributed by atoms with Gasteiger partial charge in [0.1, 0.15) is 18.5 Å². The number of nitrogens with one attached hydrogen (secondary N) is 1. The van der Waals surface area contributed by atoms with E-state index in [1.165, 1.54) is 0 Å². The van der Waals surface area contributed by atoms with Crippen LogP contribution in [0.4, 0.5) is 0 Å². The summed E-state index contributed by atoms with van der Waals surface area (Å²) in [4.78, 5) is 0. The second-order valence-electron chi connectivity index (χ2n) is 4.79. The number of benzene rings is 2. The van der Waals surface area contributed by atoms with E-state index < -0.39 is 6.10 Å². The topological polar surface area (TPSA) is 41.5 Å². The van der Waals surface area contributed by atoms with E-state index in [4.69, 9.17) is 4.74 Å². The van der Waals surface area contributed by atoms with E-state index in [9.17, 15) is 5.11 Å². The molecule has 0 amide bonds. The molecule has 0 aliphatic rings. The van der Waals surface area contributed by atoms with E-state index in [1.54, 1.807) is 0 Å². The molecule has 106 valence electrons. The fourth-order valence-electron chi connectivity index (χ4n) is 2.07. The average Bonchev–Trinajstić information content (AvgIpc) is 2.53. The zero-order valence-electron chi connectivity index (χ0n) is 11.9. The molecule has 2 unspecified atom stereocenters. The Morgan fingerprint density at radius 1 is 1.05 bits per heavy atom. The summed E-state index contributed by atoms with van der Waals surface area (Å²) >= 11 is 0. The Labute approximate surface area is 120 Å². The third kappa shape index (κ3) is 3.59. The summed E-state index contributed by atoms with van der Waals surface area (Å²) in [6, 6.07) is 17.7. The number of hydrogen-bond acceptors (Lipinski definition) is 3. The van der Waals surface area contributed by atoms with E-state index in [2.05, 4.69) is 12.2 Å². The van der Waals surface area contributed by atoms with Crippen molar-refractivity contribution in [1.82, 2.24) is 5.32 Å². The van der Waals surface area contributed by atoms with Crippen molar-refractivity contribution >= 4 is 0 Å². The molecule has 3 heteroatoms. The predicted molar refractivity (Wildman–Crippen MR) is 80.8 cm³/mol. The molecule has 2 N–H and O–H groups in total. The Balaban J connectivity index is 2.04. The number of para-hydroxylation sites is 1. The Kier molecular flexibility index (Phi) is 5.16. The van der Waals surface area contributed by atoms with Crippen molar-refractivity contribution in [3.05, 3.63) is 65.7 Å². The smallest absolute Gasteiger partial charge is 0.124 e. The van der Waals surface area contributed by atoms with Gasteiger partial charge in [-0.15, -0.1) is 0 Å². The Morgan fingerprint density at radius 3 is 2.40 bits per heavy atom. The van der Waals surface area contributed by atoms with Crippen LogP contribution in [0.2, 0.25) is 0 Å². The Hall–Kier alpha value is -1.84. The molecule has 0 bridgehead atoms. The quantitative estimate of drug-likeness (QED) is 0.848. The molecule has 0 aromatic heterocycles. The lowest BCUT2D eigenvalue weighted by molar-refractivity contribution is 0.107. The van der Waals surface area contributed by atoms with Gasteiger partial charge >= 0.3 is 0 Å². The summed E-state index contributed by atoms with van der Waals surface area (Å²) in [5.41, 5.74) is 1.96. The highest BCUT2D eigenvalue weighted by molar-refractivity contribution is 5.35. The number of ether oxygens (including phenoxy) is 1. The summed E-state index contributed by atoms with van der Waals surface area (Å²) in [7, 11) is 1.92. The van der Waals surface area contributed by atoms with Crippen LogP contribution in [-0.4, -0.2) is 18.8 Å². The highest BCUT2D eigenvalue weighted by atomic mass is 16.5. The van der Waals surface area contributed by atoms with Gasteiger partial charge in [-0.1, -0.05) is 48.5 Å². The van der Waals surface area contributed by atoms with Crippen molar-refractivity contribution in [2.75, 3.05) is 13.7 Å². The summed E-state index contributed by atoms with van der Waals surface area (Å²) < 4.78 is 5.79. The first kappa shape index (κ1) is 14.6. The highest BCUT2D eigenvalue weighted by Gasteiger charge is 2.12. The van der Waals surface area contributed by atoms with Crippen molar-refractivity contribution in [2.45, 2.75) is 19.1 Å². The maximum absolute atomic E-state index is 10.1. The van der Waals surface area contributed by atoms with Gasteiger partial charge in [0.05, 0.1) is 0 Å². The largest absolute Gasteiger partial charge is 0.490 e. The van der Waals surface area contributed by atoms with Crippen LogP contribution in [0.3, 0.4) is 0 Å². The molecule has 0 saturated heterocycles. The molecule has 20 heavy (non-hydrogen) atoms. The van der Waals surface area contributed by atoms with Crippen LogP contribution in [0.1, 0.15) is 30.2 Å². The van der Waals surface area contributed by atoms with Crippen LogP contribution in [0.25, 0.3) is 0 Å². The van der Waals surface area contributed by atoms with E-state index in [0.717, 1.165) is 16.9 Å². The SMILES string of the molecule is CNC(C)c1ccccc1OCC(O)c1ccccc1. The normalized spacial score (nSPS) is 13.8. The maximum Gasteiger partial charge on any atom is 0.124 e. The molecule has 2 aromatic carbocycles. The molecule has 2 aromatic rings. The van der Waals surface area contributed by atoms with Crippen molar-refractivity contribution in [1.29, 1.82) is 0 Å². The molecule has 0 aliphatic carbocycles. The van der Waals surface area contributed by atoms with Gasteiger partial charge in [0, 0.05) is 11.6 Å². The van der Waals surface area contributed by atoms with Crippen LogP contribution in [0, 0.1) is 0 Å². The second-order valence-corrected chi connectivity index (χ2v) is 4.79. The van der Waals surface area contributed by atoms with Crippen molar-refractivity contribution in [3.8, 4) is 5.75 Å². The van der Waals surface area contributed by atoms with Crippen LogP contribution in [-0.2, 0) is 0 Å². The molecule has 0 radical (unpaired) electrons. The van der Waals surface area contributed by atoms with Gasteiger partial charge in [0.25, 0.3) is 0 Å². The van der Waals surface area contributed by atoms with Crippen LogP contribution in [0.15, 0.2) is 54.6 Å². The van der Waals surface area contributed by atoms with Crippen LogP contribution < -0.4 is 10.1 Å². The van der Waals surface area contributed by atoms with Gasteiger partial charge in [-0.05, 0) is 25.6 Å². The summed E-state index contributed by atoms with van der Waals surface area (Å²) in [5, 5.41) is 13.3. The molecule has 3 nitrogen and oxygen atoms in total. The fraction of sp³-hybridized carbons (Fsp3) is 0.294. The van der Waals surface area contributed by atoms with Crippen molar-refractivity contribution < 1.29 is 9.84 Å². The van der Waals surface area contributed by atoms with Gasteiger partial charge < -0.3 is 15.2 Å². The zero-order chi connectivity index (χ0) is 14.4. The lowest BCUT2D eigenvalue weighted by Crippen LogP contribution is -2.15. The van der Waals surface area contributed by atoms with Gasteiger partial charge in [0.2, 0.25) is 0 Å². The molecule has 0 aliphatic heterocycles. The van der Waals surface area contributed by atoms with Gasteiger partial charge in [0.15, 0.2) is 0 Å². The van der Waals surface area contributed by atoms with E-state index >= 15 is 0 Å². The first-order valence-electron chi connectivity index (χ1n) is 6.84. The molecule has 0 fully saturated rings. The molecule has 0 saturated carbocycles. The summed E-state index contributed by atoms with van der Waals surface area (Å²) in [6.07, 6.45) is -0.617. The number of hydrogen-bond donors (Lipinski definition) is 2. The van der Waals surface area contributed by atoms with E-state index in [1.807, 2.05) is 61.6 Å². The van der Waals surface area contributed by atoms with E-state index in [-0.39, 0.29) is 12.6 Å². The van der Waals surface area contributed by atoms with Crippen LogP contribution >= 0.6 is 0 Å². The second kappa shape index (κ2) is 7.08. The minimum atomic E-state index is -0.617. The molecule has 0 heterocycles. The lowest BCUT2D eigenvalue weighted by atomic mass is 10.1. The number of aliphatic hydroxyl groups excluding tert-OH is 1. The maximum atomic E-state index is 10.1. The van der Waals surface area contributed by atoms with E-state index in [0.29, 0.717) is 0 Å². The highest BCUT2D eigenvalue weighted by Crippen LogP contribution is 2.25. The van der Waals surface area contributed by atoms with Gasteiger partial charge in [-0.2, -0.15) is 0 Å². The minimum absolute atomic E-state index is 0.208. The van der Waals surface area contributed by atoms with Crippen molar-refractivity contribution in [2.24, 2.45) is 0 Å². The Morgan fingerprint density at radius 2 is 1.70 bits per heavy atom. The number of aliphatic hydroxyl groups is 1. The van der Waals surface area contributed by atoms with Crippen molar-refractivity contribution in [3.63, 3.8) is 0 Å². The number of rotatable bonds is 6. The molecular formula is C17H21NO2. The molecular weight excluding hydrogens is 250 g/mol. The third-order valence-corrected chi connectivity index (χ3v) is 3.40. The zero-order valence-corrected chi connectivity index (χ0v) is 11.9. The monoisotopic (exact) mass is 271 g/mol. The Bertz CT molecular complexity index is 528. The third-order valence-electron chi connectivity index (χ3n) is 3.40. The van der Waals surface area contributed by atoms with Gasteiger partial charge in [-0.3, -0.25) is 0 Å².